The number of carbonyl (C=O) groups excluding carboxylic acids is 1. The third-order valence-corrected chi connectivity index (χ3v) is 5.10. The van der Waals surface area contributed by atoms with Crippen LogP contribution in [0.1, 0.15) is 29.0 Å². The first-order valence-corrected chi connectivity index (χ1v) is 9.26. The van der Waals surface area contributed by atoms with E-state index in [0.717, 1.165) is 48.6 Å². The van der Waals surface area contributed by atoms with Crippen LogP contribution in [0, 0.1) is 12.8 Å². The summed E-state index contributed by atoms with van der Waals surface area (Å²) in [6, 6.07) is 15.9. The minimum Gasteiger partial charge on any atom is -0.352 e. The van der Waals surface area contributed by atoms with Gasteiger partial charge in [0.25, 0.3) is 5.91 Å². The summed E-state index contributed by atoms with van der Waals surface area (Å²) < 4.78 is 2.12. The molecule has 7 heteroatoms. The highest BCUT2D eigenvalue weighted by atomic mass is 35.5. The summed E-state index contributed by atoms with van der Waals surface area (Å²) in [6.45, 7) is 4.87. The molecule has 1 atom stereocenters. The van der Waals surface area contributed by atoms with Gasteiger partial charge in [0.15, 0.2) is 0 Å². The van der Waals surface area contributed by atoms with Crippen molar-refractivity contribution in [3.8, 4) is 5.69 Å². The first kappa shape index (κ1) is 22.2. The van der Waals surface area contributed by atoms with Crippen molar-refractivity contribution >= 4 is 41.8 Å². The molecule has 0 saturated carbocycles. The van der Waals surface area contributed by atoms with E-state index in [-0.39, 0.29) is 30.7 Å². The van der Waals surface area contributed by atoms with Crippen molar-refractivity contribution < 1.29 is 4.79 Å². The molecule has 5 nitrogen and oxygen atoms in total. The van der Waals surface area contributed by atoms with Crippen LogP contribution in [0.2, 0.25) is 0 Å². The van der Waals surface area contributed by atoms with Crippen molar-refractivity contribution in [2.75, 3.05) is 19.6 Å². The normalized spacial score (nSPS) is 15.7. The first-order valence-electron chi connectivity index (χ1n) is 9.26. The molecular weight excluding hydrogens is 395 g/mol. The van der Waals surface area contributed by atoms with Crippen LogP contribution in [-0.4, -0.2) is 35.1 Å². The Labute approximate surface area is 177 Å². The van der Waals surface area contributed by atoms with Crippen LogP contribution >= 0.6 is 24.8 Å². The number of aromatic nitrogens is 2. The summed E-state index contributed by atoms with van der Waals surface area (Å²) in [4.78, 5) is 17.1. The minimum atomic E-state index is -0.0234. The fraction of sp³-hybridized carbons (Fsp3) is 0.333. The van der Waals surface area contributed by atoms with Gasteiger partial charge in [-0.05, 0) is 69.1 Å². The van der Waals surface area contributed by atoms with Crippen molar-refractivity contribution in [3.63, 3.8) is 0 Å². The number of amides is 1. The van der Waals surface area contributed by atoms with Crippen LogP contribution in [0.5, 0.6) is 0 Å². The van der Waals surface area contributed by atoms with Gasteiger partial charge < -0.3 is 10.6 Å². The molecule has 3 aromatic rings. The summed E-state index contributed by atoms with van der Waals surface area (Å²) in [5, 5.41) is 6.40. The van der Waals surface area contributed by atoms with E-state index in [1.165, 1.54) is 6.42 Å². The zero-order valence-electron chi connectivity index (χ0n) is 15.9. The molecule has 0 radical (unpaired) electrons. The van der Waals surface area contributed by atoms with Crippen LogP contribution in [-0.2, 0) is 0 Å². The number of fused-ring (bicyclic) bond motifs is 1. The number of halogens is 2. The lowest BCUT2D eigenvalue weighted by Crippen LogP contribution is -2.26. The van der Waals surface area contributed by atoms with Crippen molar-refractivity contribution in [2.45, 2.75) is 19.8 Å². The van der Waals surface area contributed by atoms with E-state index >= 15 is 0 Å². The molecule has 150 valence electrons. The molecule has 1 fully saturated rings. The van der Waals surface area contributed by atoms with E-state index in [1.54, 1.807) is 0 Å². The molecule has 2 N–H and O–H groups in total. The average Bonchev–Trinajstić information content (AvgIpc) is 3.28. The Morgan fingerprint density at radius 1 is 1.21 bits per heavy atom. The van der Waals surface area contributed by atoms with Crippen LogP contribution in [0.3, 0.4) is 0 Å². The zero-order valence-corrected chi connectivity index (χ0v) is 17.5. The molecule has 2 aromatic carbocycles. The second-order valence-electron chi connectivity index (χ2n) is 6.94. The Kier molecular flexibility index (Phi) is 7.87. The van der Waals surface area contributed by atoms with Gasteiger partial charge in [-0.3, -0.25) is 9.36 Å². The molecule has 1 aliphatic heterocycles. The van der Waals surface area contributed by atoms with Gasteiger partial charge in [-0.2, -0.15) is 0 Å². The fourth-order valence-corrected chi connectivity index (χ4v) is 3.70. The van der Waals surface area contributed by atoms with Crippen LogP contribution in [0.15, 0.2) is 48.5 Å². The average molecular weight is 421 g/mol. The number of benzene rings is 2. The lowest BCUT2D eigenvalue weighted by atomic mass is 10.1. The maximum absolute atomic E-state index is 12.5. The lowest BCUT2D eigenvalue weighted by Gasteiger charge is -2.10. The monoisotopic (exact) mass is 420 g/mol. The highest BCUT2D eigenvalue weighted by molar-refractivity contribution is 5.97. The van der Waals surface area contributed by atoms with E-state index in [2.05, 4.69) is 32.3 Å². The first-order chi connectivity index (χ1) is 12.7. The van der Waals surface area contributed by atoms with Crippen LogP contribution < -0.4 is 10.6 Å². The summed E-state index contributed by atoms with van der Waals surface area (Å²) in [5.41, 5.74) is 3.61. The highest BCUT2D eigenvalue weighted by Gasteiger charge is 2.15. The third-order valence-electron chi connectivity index (χ3n) is 5.10. The maximum Gasteiger partial charge on any atom is 0.251 e. The zero-order chi connectivity index (χ0) is 17.9. The largest absolute Gasteiger partial charge is 0.352 e. The Balaban J connectivity index is 0.00000140. The molecule has 0 aliphatic carbocycles. The molecule has 4 rings (SSSR count). The summed E-state index contributed by atoms with van der Waals surface area (Å²) in [6.07, 6.45) is 2.24. The Morgan fingerprint density at radius 2 is 2.00 bits per heavy atom. The SMILES string of the molecule is Cc1nc2cc(C(=O)NCCC3CCNC3)ccc2n1-c1ccccc1.Cl.Cl. The predicted octanol–water partition coefficient (Wildman–Crippen LogP) is 3.91. The smallest absolute Gasteiger partial charge is 0.251 e. The molecule has 1 aromatic heterocycles. The molecular formula is C21H26Cl2N4O. The van der Waals surface area contributed by atoms with Gasteiger partial charge in [-0.15, -0.1) is 24.8 Å². The molecule has 28 heavy (non-hydrogen) atoms. The molecule has 1 amide bonds. The van der Waals surface area contributed by atoms with Crippen LogP contribution in [0.25, 0.3) is 16.7 Å². The van der Waals surface area contributed by atoms with Gasteiger partial charge in [0.2, 0.25) is 0 Å². The third kappa shape index (κ3) is 4.66. The van der Waals surface area contributed by atoms with E-state index in [0.29, 0.717) is 11.5 Å². The molecule has 1 saturated heterocycles. The van der Waals surface area contributed by atoms with E-state index in [9.17, 15) is 4.79 Å². The topological polar surface area (TPSA) is 59.0 Å². The summed E-state index contributed by atoms with van der Waals surface area (Å²) >= 11 is 0. The molecule has 1 aliphatic rings. The summed E-state index contributed by atoms with van der Waals surface area (Å²) in [7, 11) is 0. The van der Waals surface area contributed by atoms with Gasteiger partial charge in [0.1, 0.15) is 5.82 Å². The number of imidazole rings is 1. The van der Waals surface area contributed by atoms with Crippen molar-refractivity contribution in [1.82, 2.24) is 20.2 Å². The number of hydrogen-bond acceptors (Lipinski definition) is 3. The Bertz CT molecular complexity index is 921. The molecule has 1 unspecified atom stereocenters. The number of rotatable bonds is 5. The number of hydrogen-bond donors (Lipinski definition) is 2. The van der Waals surface area contributed by atoms with Crippen molar-refractivity contribution in [1.29, 1.82) is 0 Å². The van der Waals surface area contributed by atoms with Gasteiger partial charge in [-0.1, -0.05) is 18.2 Å². The number of para-hydroxylation sites is 1. The van der Waals surface area contributed by atoms with Crippen molar-refractivity contribution in [2.24, 2.45) is 5.92 Å². The quantitative estimate of drug-likeness (QED) is 0.657. The molecule has 0 spiro atoms. The van der Waals surface area contributed by atoms with E-state index in [4.69, 9.17) is 0 Å². The standard InChI is InChI=1S/C21H24N4O.2ClH/c1-15-24-19-13-17(21(26)23-12-10-16-9-11-22-14-16)7-8-20(19)25(15)18-5-3-2-4-6-18;;/h2-8,13,16,22H,9-12,14H2,1H3,(H,23,26);2*1H. The maximum atomic E-state index is 12.5. The number of nitrogens with one attached hydrogen (secondary N) is 2. The van der Waals surface area contributed by atoms with Gasteiger partial charge in [0, 0.05) is 17.8 Å². The van der Waals surface area contributed by atoms with E-state index in [1.807, 2.05) is 43.3 Å². The minimum absolute atomic E-state index is 0. The molecule has 0 bridgehead atoms. The number of carbonyl (C=O) groups is 1. The Morgan fingerprint density at radius 3 is 2.71 bits per heavy atom. The highest BCUT2D eigenvalue weighted by Crippen LogP contribution is 2.22. The Hall–Kier alpha value is -2.08. The van der Waals surface area contributed by atoms with E-state index < -0.39 is 0 Å². The predicted molar refractivity (Wildman–Crippen MR) is 118 cm³/mol. The second-order valence-corrected chi connectivity index (χ2v) is 6.94. The molecule has 2 heterocycles. The van der Waals surface area contributed by atoms with Gasteiger partial charge in [0.05, 0.1) is 11.0 Å². The lowest BCUT2D eigenvalue weighted by molar-refractivity contribution is 0.0952. The summed E-state index contributed by atoms with van der Waals surface area (Å²) in [5.74, 6) is 1.57. The van der Waals surface area contributed by atoms with Gasteiger partial charge in [-0.25, -0.2) is 4.98 Å². The number of nitrogens with zero attached hydrogens (tertiary/aromatic N) is 2. The fourth-order valence-electron chi connectivity index (χ4n) is 3.70. The second kappa shape index (κ2) is 9.92. The van der Waals surface area contributed by atoms with Crippen molar-refractivity contribution in [3.05, 3.63) is 59.9 Å². The number of aryl methyl sites for hydroxylation is 1. The van der Waals surface area contributed by atoms with Crippen LogP contribution in [0.4, 0.5) is 0 Å². The van der Waals surface area contributed by atoms with Gasteiger partial charge >= 0.3 is 0 Å².